The van der Waals surface area contributed by atoms with Gasteiger partial charge in [-0.05, 0) is 24.7 Å². The summed E-state index contributed by atoms with van der Waals surface area (Å²) in [5, 5.41) is 0. The molecule has 0 spiro atoms. The van der Waals surface area contributed by atoms with Crippen molar-refractivity contribution < 1.29 is 0 Å². The van der Waals surface area contributed by atoms with Crippen LogP contribution in [0.4, 0.5) is 0 Å². The lowest BCUT2D eigenvalue weighted by Gasteiger charge is -2.18. The summed E-state index contributed by atoms with van der Waals surface area (Å²) in [5.41, 5.74) is 0. The maximum absolute atomic E-state index is 2.38. The lowest BCUT2D eigenvalue weighted by Crippen LogP contribution is -2.06. The molecule has 0 saturated heterocycles. The normalized spacial score (nSPS) is 35.0. The van der Waals surface area contributed by atoms with Crippen molar-refractivity contribution >= 4 is 0 Å². The Labute approximate surface area is 64.3 Å². The molecule has 2 atom stereocenters. The fourth-order valence-electron chi connectivity index (χ4n) is 1.49. The molecule has 0 saturated carbocycles. The lowest BCUT2D eigenvalue weighted by atomic mass is 9.88. The van der Waals surface area contributed by atoms with E-state index in [2.05, 4.69) is 26.0 Å². The highest BCUT2D eigenvalue weighted by atomic mass is 14.1. The second-order valence-corrected chi connectivity index (χ2v) is 3.55. The molecule has 0 aromatic carbocycles. The van der Waals surface area contributed by atoms with E-state index in [0.717, 1.165) is 11.8 Å². The Bertz CT molecular complexity index is 113. The van der Waals surface area contributed by atoms with Crippen LogP contribution in [0.5, 0.6) is 0 Å². The molecule has 0 fully saturated rings. The third-order valence-electron chi connectivity index (χ3n) is 2.62. The molecule has 1 aliphatic rings. The minimum atomic E-state index is 0.806. The van der Waals surface area contributed by atoms with E-state index >= 15 is 0 Å². The first kappa shape index (κ1) is 7.84. The maximum atomic E-state index is 2.38. The molecule has 0 aromatic heterocycles. The Balaban J connectivity index is 2.44. The van der Waals surface area contributed by atoms with Gasteiger partial charge in [-0.25, -0.2) is 0 Å². The van der Waals surface area contributed by atoms with E-state index in [4.69, 9.17) is 0 Å². The lowest BCUT2D eigenvalue weighted by molar-refractivity contribution is 0.402. The number of rotatable bonds is 0. The largest absolute Gasteiger partial charge is 0.0883 e. The third-order valence-corrected chi connectivity index (χ3v) is 2.62. The van der Waals surface area contributed by atoms with E-state index in [1.54, 1.807) is 0 Å². The number of hydrogen-bond acceptors (Lipinski definition) is 0. The second kappa shape index (κ2) is 3.80. The van der Waals surface area contributed by atoms with Crippen molar-refractivity contribution in [3.8, 4) is 0 Å². The zero-order chi connectivity index (χ0) is 7.40. The summed E-state index contributed by atoms with van der Waals surface area (Å²) in [4.78, 5) is 0. The molecule has 0 nitrogen and oxygen atoms in total. The van der Waals surface area contributed by atoms with Crippen LogP contribution < -0.4 is 0 Å². The molecule has 1 aliphatic carbocycles. The minimum absolute atomic E-state index is 0.806. The summed E-state index contributed by atoms with van der Waals surface area (Å²) >= 11 is 0. The Kier molecular flexibility index (Phi) is 2.98. The van der Waals surface area contributed by atoms with Crippen LogP contribution in [0.15, 0.2) is 12.2 Å². The van der Waals surface area contributed by atoms with Gasteiger partial charge in [0.1, 0.15) is 0 Å². The molecule has 10 heavy (non-hydrogen) atoms. The smallest absolute Gasteiger partial charge is 0.0236 e. The average Bonchev–Trinajstić information content (AvgIpc) is 1.92. The Morgan fingerprint density at radius 1 is 1.20 bits per heavy atom. The van der Waals surface area contributed by atoms with Crippen LogP contribution in [-0.2, 0) is 0 Å². The van der Waals surface area contributed by atoms with Crippen molar-refractivity contribution in [1.29, 1.82) is 0 Å². The van der Waals surface area contributed by atoms with Gasteiger partial charge in [0.15, 0.2) is 0 Å². The topological polar surface area (TPSA) is 0 Å². The molecule has 0 aromatic rings. The van der Waals surface area contributed by atoms with E-state index < -0.39 is 0 Å². The first-order valence-electron chi connectivity index (χ1n) is 4.47. The van der Waals surface area contributed by atoms with Crippen LogP contribution >= 0.6 is 0 Å². The quantitative estimate of drug-likeness (QED) is 0.450. The fourth-order valence-corrected chi connectivity index (χ4v) is 1.49. The molecule has 58 valence electrons. The first-order chi connectivity index (χ1) is 4.80. The molecule has 0 bridgehead atoms. The van der Waals surface area contributed by atoms with E-state index in [-0.39, 0.29) is 0 Å². The van der Waals surface area contributed by atoms with Crippen molar-refractivity contribution in [2.75, 3.05) is 0 Å². The SMILES string of the molecule is CC1C=CCCCCC1C. The van der Waals surface area contributed by atoms with Gasteiger partial charge in [-0.3, -0.25) is 0 Å². The predicted molar refractivity (Wildman–Crippen MR) is 45.9 cm³/mol. The van der Waals surface area contributed by atoms with Crippen molar-refractivity contribution in [3.63, 3.8) is 0 Å². The van der Waals surface area contributed by atoms with Crippen molar-refractivity contribution in [2.45, 2.75) is 39.5 Å². The van der Waals surface area contributed by atoms with E-state index in [9.17, 15) is 0 Å². The third kappa shape index (κ3) is 2.17. The van der Waals surface area contributed by atoms with Gasteiger partial charge in [0.25, 0.3) is 0 Å². The molecule has 0 heteroatoms. The van der Waals surface area contributed by atoms with Gasteiger partial charge in [0.2, 0.25) is 0 Å². The summed E-state index contributed by atoms with van der Waals surface area (Å²) in [6.07, 6.45) is 10.3. The molecule has 2 unspecified atom stereocenters. The van der Waals surface area contributed by atoms with Crippen LogP contribution in [0.2, 0.25) is 0 Å². The zero-order valence-electron chi connectivity index (χ0n) is 7.14. The van der Waals surface area contributed by atoms with Crippen molar-refractivity contribution in [3.05, 3.63) is 12.2 Å². The van der Waals surface area contributed by atoms with Crippen LogP contribution in [-0.4, -0.2) is 0 Å². The van der Waals surface area contributed by atoms with E-state index in [1.165, 1.54) is 25.7 Å². The van der Waals surface area contributed by atoms with E-state index in [1.807, 2.05) is 0 Å². The zero-order valence-corrected chi connectivity index (χ0v) is 7.14. The molecule has 0 amide bonds. The van der Waals surface area contributed by atoms with Gasteiger partial charge in [0.05, 0.1) is 0 Å². The van der Waals surface area contributed by atoms with E-state index in [0.29, 0.717) is 0 Å². The van der Waals surface area contributed by atoms with Gasteiger partial charge in [0, 0.05) is 0 Å². The standard InChI is InChI=1S/C10H18/c1-9-7-5-3-4-6-8-10(9)2/h5,7,9-10H,3-4,6,8H2,1-2H3. The van der Waals surface area contributed by atoms with Crippen molar-refractivity contribution in [1.82, 2.24) is 0 Å². The van der Waals surface area contributed by atoms with Crippen molar-refractivity contribution in [2.24, 2.45) is 11.8 Å². The molecule has 1 rings (SSSR count). The average molecular weight is 138 g/mol. The molecular formula is C10H18. The minimum Gasteiger partial charge on any atom is -0.0883 e. The highest BCUT2D eigenvalue weighted by Gasteiger charge is 2.09. The molecule has 0 radical (unpaired) electrons. The molecule has 0 aliphatic heterocycles. The Morgan fingerprint density at radius 3 is 2.80 bits per heavy atom. The van der Waals surface area contributed by atoms with Crippen LogP contribution in [0.3, 0.4) is 0 Å². The summed E-state index contributed by atoms with van der Waals surface area (Å²) in [6, 6.07) is 0. The summed E-state index contributed by atoms with van der Waals surface area (Å²) in [7, 11) is 0. The monoisotopic (exact) mass is 138 g/mol. The Hall–Kier alpha value is -0.260. The molecule has 0 heterocycles. The fraction of sp³-hybridized carbons (Fsp3) is 0.800. The summed E-state index contributed by atoms with van der Waals surface area (Å²) < 4.78 is 0. The van der Waals surface area contributed by atoms with Gasteiger partial charge in [-0.1, -0.05) is 38.8 Å². The molecule has 0 N–H and O–H groups in total. The number of allylic oxidation sites excluding steroid dienone is 2. The summed E-state index contributed by atoms with van der Waals surface area (Å²) in [5.74, 6) is 1.71. The highest BCUT2D eigenvalue weighted by molar-refractivity contribution is 4.90. The maximum Gasteiger partial charge on any atom is -0.0236 e. The van der Waals surface area contributed by atoms with Gasteiger partial charge in [-0.15, -0.1) is 0 Å². The van der Waals surface area contributed by atoms with Gasteiger partial charge in [-0.2, -0.15) is 0 Å². The van der Waals surface area contributed by atoms with Crippen LogP contribution in [0.25, 0.3) is 0 Å². The number of hydrogen-bond donors (Lipinski definition) is 0. The van der Waals surface area contributed by atoms with Crippen LogP contribution in [0, 0.1) is 11.8 Å². The summed E-state index contributed by atoms with van der Waals surface area (Å²) in [6.45, 7) is 4.69. The van der Waals surface area contributed by atoms with Crippen LogP contribution in [0.1, 0.15) is 39.5 Å². The van der Waals surface area contributed by atoms with Gasteiger partial charge < -0.3 is 0 Å². The van der Waals surface area contributed by atoms with Gasteiger partial charge >= 0.3 is 0 Å². The first-order valence-corrected chi connectivity index (χ1v) is 4.47. The second-order valence-electron chi connectivity index (χ2n) is 3.55. The Morgan fingerprint density at radius 2 is 2.00 bits per heavy atom. The predicted octanol–water partition coefficient (Wildman–Crippen LogP) is 3.39. The molecular weight excluding hydrogens is 120 g/mol. The highest BCUT2D eigenvalue weighted by Crippen LogP contribution is 2.22.